The Morgan fingerprint density at radius 3 is 2.52 bits per heavy atom. The summed E-state index contributed by atoms with van der Waals surface area (Å²) in [6, 6.07) is 15.4. The largest absolute Gasteiger partial charge is 0.462 e. The van der Waals surface area contributed by atoms with Crippen molar-refractivity contribution in [3.05, 3.63) is 65.5 Å². The molecule has 1 heterocycles. The number of benzene rings is 2. The van der Waals surface area contributed by atoms with Crippen LogP contribution in [0.25, 0.3) is 11.0 Å². The van der Waals surface area contributed by atoms with E-state index in [2.05, 4.69) is 5.32 Å². The van der Waals surface area contributed by atoms with E-state index in [0.717, 1.165) is 48.1 Å². The number of hydrogen-bond acceptors (Lipinski definition) is 4. The summed E-state index contributed by atoms with van der Waals surface area (Å²) in [7, 11) is 0. The number of rotatable bonds is 10. The Bertz CT molecular complexity index is 1020. The molecule has 0 aliphatic carbocycles. The average molecular weight is 422 g/mol. The van der Waals surface area contributed by atoms with E-state index in [1.807, 2.05) is 73.9 Å². The predicted molar refractivity (Wildman–Crippen MR) is 122 cm³/mol. The van der Waals surface area contributed by atoms with Gasteiger partial charge in [-0.15, -0.1) is 0 Å². The molecule has 164 valence electrons. The third kappa shape index (κ3) is 6.41. The summed E-state index contributed by atoms with van der Waals surface area (Å²) in [6.45, 7) is 6.51. The van der Waals surface area contributed by atoms with Gasteiger partial charge in [0.1, 0.15) is 12.4 Å². The molecule has 0 spiro atoms. The molecular weight excluding hydrogens is 390 g/mol. The zero-order valence-electron chi connectivity index (χ0n) is 18.6. The molecule has 1 aromatic heterocycles. The predicted octanol–water partition coefficient (Wildman–Crippen LogP) is 4.44. The Kier molecular flexibility index (Phi) is 7.82. The van der Waals surface area contributed by atoms with Gasteiger partial charge in [0.05, 0.1) is 17.1 Å². The molecule has 0 saturated heterocycles. The van der Waals surface area contributed by atoms with Gasteiger partial charge >= 0.3 is 5.97 Å². The van der Waals surface area contributed by atoms with Crippen molar-refractivity contribution in [2.45, 2.75) is 59.1 Å². The highest BCUT2D eigenvalue weighted by Gasteiger charge is 2.15. The fraction of sp³-hybridized carbons (Fsp3) is 0.400. The lowest BCUT2D eigenvalue weighted by atomic mass is 10.1. The fourth-order valence-corrected chi connectivity index (χ4v) is 3.52. The van der Waals surface area contributed by atoms with Crippen LogP contribution in [0.3, 0.4) is 0 Å². The van der Waals surface area contributed by atoms with Gasteiger partial charge in [-0.2, -0.15) is 0 Å². The third-order valence-electron chi connectivity index (χ3n) is 5.06. The molecule has 1 N–H and O–H groups in total. The summed E-state index contributed by atoms with van der Waals surface area (Å²) in [4.78, 5) is 29.1. The zero-order chi connectivity index (χ0) is 22.2. The molecule has 2 aromatic carbocycles. The number of nitrogens with one attached hydrogen (secondary N) is 1. The number of carbonyl (C=O) groups excluding carboxylic acids is 2. The highest BCUT2D eigenvalue weighted by Crippen LogP contribution is 2.18. The second-order valence-electron chi connectivity index (χ2n) is 8.07. The molecule has 0 aliphatic rings. The normalized spacial score (nSPS) is 11.1. The quantitative estimate of drug-likeness (QED) is 0.388. The van der Waals surface area contributed by atoms with Crippen LogP contribution in [-0.2, 0) is 22.5 Å². The Hall–Kier alpha value is -3.15. The minimum absolute atomic E-state index is 0.0366. The fourth-order valence-electron chi connectivity index (χ4n) is 3.52. The lowest BCUT2D eigenvalue weighted by Crippen LogP contribution is -2.24. The number of amides is 1. The number of nitrogens with zero attached hydrogens (tertiary/aromatic N) is 2. The number of aromatic nitrogens is 2. The second-order valence-corrected chi connectivity index (χ2v) is 8.07. The first-order chi connectivity index (χ1) is 14.9. The van der Waals surface area contributed by atoms with E-state index in [1.165, 1.54) is 0 Å². The van der Waals surface area contributed by atoms with Crippen molar-refractivity contribution in [3.8, 4) is 0 Å². The first kappa shape index (κ1) is 22.5. The molecule has 0 saturated carbocycles. The van der Waals surface area contributed by atoms with Gasteiger partial charge in [0.2, 0.25) is 0 Å². The first-order valence-corrected chi connectivity index (χ1v) is 10.9. The number of hydrogen-bond donors (Lipinski definition) is 1. The van der Waals surface area contributed by atoms with Gasteiger partial charge < -0.3 is 14.6 Å². The molecule has 0 bridgehead atoms. The van der Waals surface area contributed by atoms with Crippen molar-refractivity contribution in [3.63, 3.8) is 0 Å². The lowest BCUT2D eigenvalue weighted by Gasteiger charge is -2.11. The van der Waals surface area contributed by atoms with E-state index in [1.54, 1.807) is 0 Å². The van der Waals surface area contributed by atoms with Crippen molar-refractivity contribution >= 4 is 22.9 Å². The van der Waals surface area contributed by atoms with E-state index < -0.39 is 0 Å². The van der Waals surface area contributed by atoms with E-state index in [4.69, 9.17) is 9.72 Å². The second kappa shape index (κ2) is 10.8. The highest BCUT2D eigenvalue weighted by atomic mass is 16.5. The molecule has 0 unspecified atom stereocenters. The van der Waals surface area contributed by atoms with Gasteiger partial charge in [0.25, 0.3) is 5.91 Å². The topological polar surface area (TPSA) is 73.2 Å². The van der Waals surface area contributed by atoms with E-state index >= 15 is 0 Å². The molecule has 0 atom stereocenters. The molecule has 0 fully saturated rings. The van der Waals surface area contributed by atoms with Crippen molar-refractivity contribution in [2.75, 3.05) is 6.54 Å². The first-order valence-electron chi connectivity index (χ1n) is 10.9. The number of carbonyl (C=O) groups is 2. The van der Waals surface area contributed by atoms with Crippen LogP contribution in [0, 0.1) is 6.92 Å². The monoisotopic (exact) mass is 421 g/mol. The summed E-state index contributed by atoms with van der Waals surface area (Å²) < 4.78 is 7.28. The Labute approximate surface area is 183 Å². The number of aryl methyl sites for hydroxylation is 2. The van der Waals surface area contributed by atoms with Crippen LogP contribution in [0.2, 0.25) is 0 Å². The van der Waals surface area contributed by atoms with Crippen molar-refractivity contribution in [2.24, 2.45) is 0 Å². The Balaban J connectivity index is 1.50. The number of fused-ring (bicyclic) bond motifs is 1. The SMILES string of the molecule is Cc1ccc(C(=O)NCCCCCc2nc3ccccc3n2CC(=O)OC(C)C)cc1. The van der Waals surface area contributed by atoms with Gasteiger partial charge in [-0.05, 0) is 57.9 Å². The summed E-state index contributed by atoms with van der Waals surface area (Å²) in [6.07, 6.45) is 3.43. The van der Waals surface area contributed by atoms with Gasteiger partial charge in [-0.1, -0.05) is 36.2 Å². The summed E-state index contributed by atoms with van der Waals surface area (Å²) in [5.41, 5.74) is 3.66. The number of esters is 1. The standard InChI is InChI=1S/C25H31N3O3/c1-18(2)31-24(29)17-28-22-10-7-6-9-21(22)27-23(28)11-5-4-8-16-26-25(30)20-14-12-19(3)13-15-20/h6-7,9-10,12-15,18H,4-5,8,11,16-17H2,1-3H3,(H,26,30). The maximum absolute atomic E-state index is 12.2. The number of imidazole rings is 1. The van der Waals surface area contributed by atoms with Crippen LogP contribution in [0.4, 0.5) is 0 Å². The molecule has 0 radical (unpaired) electrons. The van der Waals surface area contributed by atoms with Gasteiger partial charge in [0, 0.05) is 18.5 Å². The van der Waals surface area contributed by atoms with Gasteiger partial charge in [0.15, 0.2) is 0 Å². The molecule has 0 aliphatic heterocycles. The highest BCUT2D eigenvalue weighted by molar-refractivity contribution is 5.94. The van der Waals surface area contributed by atoms with Crippen LogP contribution >= 0.6 is 0 Å². The van der Waals surface area contributed by atoms with Gasteiger partial charge in [-0.3, -0.25) is 9.59 Å². The van der Waals surface area contributed by atoms with E-state index in [-0.39, 0.29) is 24.5 Å². The third-order valence-corrected chi connectivity index (χ3v) is 5.06. The van der Waals surface area contributed by atoms with E-state index in [0.29, 0.717) is 12.1 Å². The minimum atomic E-state index is -0.252. The summed E-state index contributed by atoms with van der Waals surface area (Å²) in [5, 5.41) is 2.97. The van der Waals surface area contributed by atoms with Crippen LogP contribution in [0.15, 0.2) is 48.5 Å². The molecule has 6 nitrogen and oxygen atoms in total. The maximum atomic E-state index is 12.2. The van der Waals surface area contributed by atoms with Crippen molar-refractivity contribution in [1.29, 1.82) is 0 Å². The zero-order valence-corrected chi connectivity index (χ0v) is 18.6. The Morgan fingerprint density at radius 2 is 1.77 bits per heavy atom. The van der Waals surface area contributed by atoms with Crippen molar-refractivity contribution in [1.82, 2.24) is 14.9 Å². The number of unbranched alkanes of at least 4 members (excludes halogenated alkanes) is 2. The van der Waals surface area contributed by atoms with Crippen LogP contribution < -0.4 is 5.32 Å². The summed E-state index contributed by atoms with van der Waals surface area (Å²) >= 11 is 0. The summed E-state index contributed by atoms with van der Waals surface area (Å²) in [5.74, 6) is 0.606. The molecule has 6 heteroatoms. The average Bonchev–Trinajstić information content (AvgIpc) is 3.07. The molecule has 1 amide bonds. The van der Waals surface area contributed by atoms with Gasteiger partial charge in [-0.25, -0.2) is 4.98 Å². The van der Waals surface area contributed by atoms with E-state index in [9.17, 15) is 9.59 Å². The molecule has 3 rings (SSSR count). The van der Waals surface area contributed by atoms with Crippen molar-refractivity contribution < 1.29 is 14.3 Å². The minimum Gasteiger partial charge on any atom is -0.462 e. The molecule has 31 heavy (non-hydrogen) atoms. The molecule has 3 aromatic rings. The number of ether oxygens (including phenoxy) is 1. The number of para-hydroxylation sites is 2. The molecular formula is C25H31N3O3. The maximum Gasteiger partial charge on any atom is 0.326 e. The van der Waals surface area contributed by atoms with Crippen LogP contribution in [-0.4, -0.2) is 34.1 Å². The Morgan fingerprint density at radius 1 is 1.03 bits per heavy atom. The lowest BCUT2D eigenvalue weighted by molar-refractivity contribution is -0.148. The van der Waals surface area contributed by atoms with Crippen LogP contribution in [0.5, 0.6) is 0 Å². The van der Waals surface area contributed by atoms with Crippen LogP contribution in [0.1, 0.15) is 54.9 Å². The smallest absolute Gasteiger partial charge is 0.326 e.